The number of aryl methyl sites for hydroxylation is 1. The lowest BCUT2D eigenvalue weighted by Crippen LogP contribution is -2.49. The summed E-state index contributed by atoms with van der Waals surface area (Å²) in [7, 11) is 0. The van der Waals surface area contributed by atoms with Crippen molar-refractivity contribution < 1.29 is 8.78 Å². The first kappa shape index (κ1) is 27.0. The molecule has 1 unspecified atom stereocenters. The molecule has 1 N–H and O–H groups in total. The van der Waals surface area contributed by atoms with E-state index < -0.39 is 11.6 Å². The highest BCUT2D eigenvalue weighted by atomic mass is 19.1. The van der Waals surface area contributed by atoms with Crippen molar-refractivity contribution in [1.82, 2.24) is 10.2 Å². The van der Waals surface area contributed by atoms with Gasteiger partial charge in [-0.2, -0.15) is 0 Å². The maximum absolute atomic E-state index is 12.5. The molecule has 5 heteroatoms. The molecule has 0 bridgehead atoms. The Hall–Kier alpha value is -2.27. The molecule has 1 saturated heterocycles. The Bertz CT molecular complexity index is 861. The summed E-state index contributed by atoms with van der Waals surface area (Å²) in [6.45, 7) is 17.8. The summed E-state index contributed by atoms with van der Waals surface area (Å²) in [6, 6.07) is 4.22. The highest BCUT2D eigenvalue weighted by Crippen LogP contribution is 2.41. The molecule has 0 aromatic heterocycles. The zero-order chi connectivity index (χ0) is 24.4. The van der Waals surface area contributed by atoms with Crippen molar-refractivity contribution in [3.05, 3.63) is 71.1 Å². The maximum Gasteiger partial charge on any atom is 0.126 e. The van der Waals surface area contributed by atoms with Crippen molar-refractivity contribution in [2.75, 3.05) is 19.6 Å². The molecular formula is C28H41F2N3. The summed E-state index contributed by atoms with van der Waals surface area (Å²) < 4.78 is 25.0. The van der Waals surface area contributed by atoms with E-state index in [2.05, 4.69) is 55.6 Å². The van der Waals surface area contributed by atoms with Gasteiger partial charge in [0.15, 0.2) is 0 Å². The lowest BCUT2D eigenvalue weighted by molar-refractivity contribution is 0.242. The highest BCUT2D eigenvalue weighted by Gasteiger charge is 2.31. The fourth-order valence-corrected chi connectivity index (χ4v) is 4.47. The highest BCUT2D eigenvalue weighted by molar-refractivity contribution is 6.03. The molecule has 1 atom stereocenters. The molecule has 1 heterocycles. The summed E-state index contributed by atoms with van der Waals surface area (Å²) in [5, 5.41) is 3.60. The molecule has 1 saturated carbocycles. The fourth-order valence-electron chi connectivity index (χ4n) is 4.47. The Morgan fingerprint density at radius 3 is 2.36 bits per heavy atom. The average molecular weight is 458 g/mol. The van der Waals surface area contributed by atoms with Gasteiger partial charge >= 0.3 is 0 Å². The van der Waals surface area contributed by atoms with Crippen LogP contribution in [0.1, 0.15) is 65.9 Å². The first-order chi connectivity index (χ1) is 15.8. The van der Waals surface area contributed by atoms with Crippen LogP contribution >= 0.6 is 0 Å². The van der Waals surface area contributed by atoms with E-state index in [-0.39, 0.29) is 0 Å². The first-order valence-electron chi connectivity index (χ1n) is 12.3. The Balaban J connectivity index is 0.000000294. The Labute approximate surface area is 199 Å². The van der Waals surface area contributed by atoms with E-state index in [9.17, 15) is 8.78 Å². The van der Waals surface area contributed by atoms with Gasteiger partial charge in [0.05, 0.1) is 0 Å². The zero-order valence-corrected chi connectivity index (χ0v) is 21.1. The van der Waals surface area contributed by atoms with Crippen LogP contribution in [0.5, 0.6) is 0 Å². The summed E-state index contributed by atoms with van der Waals surface area (Å²) in [5.41, 5.74) is 6.03. The van der Waals surface area contributed by atoms with E-state index in [1.165, 1.54) is 48.2 Å². The lowest BCUT2D eigenvalue weighted by Gasteiger charge is -2.37. The predicted molar refractivity (Wildman–Crippen MR) is 136 cm³/mol. The minimum absolute atomic E-state index is 0.492. The lowest BCUT2D eigenvalue weighted by atomic mass is 9.94. The molecule has 1 aliphatic heterocycles. The van der Waals surface area contributed by atoms with Crippen LogP contribution in [0.2, 0.25) is 0 Å². The normalized spacial score (nSPS) is 20.1. The van der Waals surface area contributed by atoms with Gasteiger partial charge in [-0.1, -0.05) is 32.9 Å². The van der Waals surface area contributed by atoms with Crippen LogP contribution in [-0.2, 0) is 6.42 Å². The number of aliphatic imine (C=N–C) groups is 1. The Morgan fingerprint density at radius 2 is 1.85 bits per heavy atom. The quantitative estimate of drug-likeness (QED) is 0.342. The molecule has 0 spiro atoms. The molecule has 33 heavy (non-hydrogen) atoms. The van der Waals surface area contributed by atoms with Crippen LogP contribution < -0.4 is 5.32 Å². The second-order valence-corrected chi connectivity index (χ2v) is 8.91. The van der Waals surface area contributed by atoms with E-state index in [1.54, 1.807) is 6.20 Å². The molecule has 0 radical (unpaired) electrons. The standard InChI is InChI=1S/C19H31N3.C9H10F2/c1-6-17-13-22(12-11-21-17)15(5)19(14(4)20-8-3)18(7-2)16-9-10-16;1-2-3-7-4-8(10)6-9(11)5-7/h7-8,16-17,21H,3,6,9-13H2,1-2,4-5H3;4-6H,2-3H2,1H3/b18-7-,19-15-,20-14?;. The minimum atomic E-state index is -0.492. The van der Waals surface area contributed by atoms with Gasteiger partial charge in [0.25, 0.3) is 0 Å². The first-order valence-corrected chi connectivity index (χ1v) is 12.3. The minimum Gasteiger partial charge on any atom is -0.372 e. The van der Waals surface area contributed by atoms with Gasteiger partial charge < -0.3 is 10.2 Å². The third kappa shape index (κ3) is 8.22. The summed E-state index contributed by atoms with van der Waals surface area (Å²) in [4.78, 5) is 7.03. The van der Waals surface area contributed by atoms with Gasteiger partial charge in [0.1, 0.15) is 11.6 Å². The number of nitrogens with one attached hydrogen (secondary N) is 1. The second-order valence-electron chi connectivity index (χ2n) is 8.91. The monoisotopic (exact) mass is 457 g/mol. The number of nitrogens with zero attached hydrogens (tertiary/aromatic N) is 2. The van der Waals surface area contributed by atoms with Crippen LogP contribution in [-0.4, -0.2) is 36.3 Å². The van der Waals surface area contributed by atoms with Crippen molar-refractivity contribution in [2.24, 2.45) is 10.9 Å². The van der Waals surface area contributed by atoms with E-state index >= 15 is 0 Å². The number of halogens is 2. The molecule has 3 nitrogen and oxygen atoms in total. The molecular weight excluding hydrogens is 416 g/mol. The smallest absolute Gasteiger partial charge is 0.126 e. The molecule has 2 fully saturated rings. The third-order valence-corrected chi connectivity index (χ3v) is 6.31. The number of rotatable bonds is 8. The largest absolute Gasteiger partial charge is 0.372 e. The number of piperazine rings is 1. The van der Waals surface area contributed by atoms with Gasteiger partial charge in [-0.25, -0.2) is 8.78 Å². The van der Waals surface area contributed by atoms with E-state index in [1.807, 2.05) is 6.92 Å². The van der Waals surface area contributed by atoms with Crippen molar-refractivity contribution in [3.8, 4) is 0 Å². The van der Waals surface area contributed by atoms with Crippen LogP contribution in [0.4, 0.5) is 8.78 Å². The van der Waals surface area contributed by atoms with Gasteiger partial charge in [0, 0.05) is 54.9 Å². The number of benzene rings is 1. The van der Waals surface area contributed by atoms with Crippen molar-refractivity contribution in [3.63, 3.8) is 0 Å². The number of allylic oxidation sites excluding steroid dienone is 4. The van der Waals surface area contributed by atoms with Gasteiger partial charge in [0.2, 0.25) is 0 Å². The van der Waals surface area contributed by atoms with Crippen molar-refractivity contribution in [1.29, 1.82) is 0 Å². The van der Waals surface area contributed by atoms with E-state index in [4.69, 9.17) is 0 Å². The summed E-state index contributed by atoms with van der Waals surface area (Å²) in [5.74, 6) is -0.253. The van der Waals surface area contributed by atoms with Gasteiger partial charge in [-0.15, -0.1) is 0 Å². The van der Waals surface area contributed by atoms with Crippen LogP contribution in [0, 0.1) is 17.6 Å². The summed E-state index contributed by atoms with van der Waals surface area (Å²) >= 11 is 0. The molecule has 1 aliphatic carbocycles. The van der Waals surface area contributed by atoms with Crippen LogP contribution in [0.25, 0.3) is 0 Å². The number of hydrogen-bond donors (Lipinski definition) is 1. The molecule has 1 aromatic carbocycles. The fraction of sp³-hybridized carbons (Fsp3) is 0.536. The third-order valence-electron chi connectivity index (χ3n) is 6.31. The van der Waals surface area contributed by atoms with Crippen LogP contribution in [0.3, 0.4) is 0 Å². The molecule has 182 valence electrons. The van der Waals surface area contributed by atoms with E-state index in [0.29, 0.717) is 6.04 Å². The average Bonchev–Trinajstić information content (AvgIpc) is 3.62. The summed E-state index contributed by atoms with van der Waals surface area (Å²) in [6.07, 6.45) is 9.40. The van der Waals surface area contributed by atoms with Crippen molar-refractivity contribution in [2.45, 2.75) is 72.8 Å². The molecule has 0 amide bonds. The SMILES string of the molecule is C=CN=C(C)C(/C(=C\C)C1CC1)=C(\C)N1CCNC(CC)C1.CCCc1cc(F)cc(F)c1. The zero-order valence-electron chi connectivity index (χ0n) is 21.1. The van der Waals surface area contributed by atoms with Crippen molar-refractivity contribution >= 4 is 5.71 Å². The topological polar surface area (TPSA) is 27.6 Å². The van der Waals surface area contributed by atoms with Gasteiger partial charge in [-0.3, -0.25) is 4.99 Å². The van der Waals surface area contributed by atoms with Crippen LogP contribution in [0.15, 0.2) is 58.9 Å². The maximum atomic E-state index is 12.5. The molecule has 3 rings (SSSR count). The molecule has 1 aromatic rings. The Kier molecular flexibility index (Phi) is 11.0. The predicted octanol–water partition coefficient (Wildman–Crippen LogP) is 6.82. The van der Waals surface area contributed by atoms with E-state index in [0.717, 1.165) is 55.7 Å². The second kappa shape index (κ2) is 13.4. The Morgan fingerprint density at radius 1 is 1.18 bits per heavy atom. The van der Waals surface area contributed by atoms with Gasteiger partial charge in [-0.05, 0) is 75.6 Å². The number of hydrogen-bond acceptors (Lipinski definition) is 3. The molecule has 2 aliphatic rings.